The second kappa shape index (κ2) is 13.4. The third-order valence-electron chi connectivity index (χ3n) is 6.89. The van der Waals surface area contributed by atoms with Gasteiger partial charge in [0.15, 0.2) is 5.13 Å². The number of carbonyl (C=O) groups is 2. The number of nitrogens with one attached hydrogen (secondary N) is 1. The molecule has 0 bridgehead atoms. The molecule has 2 aromatic heterocycles. The Hall–Kier alpha value is -3.58. The number of ether oxygens (including phenoxy) is 1. The SMILES string of the molecule is COCCCC(Cn1cccn1)(C(=O)NS(=O)(=O)c1ccccc1)N(C(=O)c1ccc(C(C)(C)C)c(Cl)c1)c1nccs1. The third-order valence-corrected chi connectivity index (χ3v) is 9.31. The van der Waals surface area contributed by atoms with Crippen LogP contribution in [0.2, 0.25) is 5.02 Å². The molecule has 228 valence electrons. The molecule has 43 heavy (non-hydrogen) atoms. The molecule has 0 fully saturated rings. The largest absolute Gasteiger partial charge is 0.385 e. The summed E-state index contributed by atoms with van der Waals surface area (Å²) in [5.74, 6) is -1.49. The van der Waals surface area contributed by atoms with Crippen LogP contribution in [0, 0.1) is 0 Å². The summed E-state index contributed by atoms with van der Waals surface area (Å²) < 4.78 is 35.9. The van der Waals surface area contributed by atoms with Crippen LogP contribution in [0.25, 0.3) is 0 Å². The lowest BCUT2D eigenvalue weighted by Crippen LogP contribution is -2.64. The smallest absolute Gasteiger partial charge is 0.264 e. The first-order chi connectivity index (χ1) is 20.4. The molecule has 0 aliphatic carbocycles. The Labute approximate surface area is 260 Å². The summed E-state index contributed by atoms with van der Waals surface area (Å²) in [5.41, 5.74) is -1.02. The van der Waals surface area contributed by atoms with Crippen molar-refractivity contribution < 1.29 is 22.7 Å². The highest BCUT2D eigenvalue weighted by molar-refractivity contribution is 7.90. The van der Waals surface area contributed by atoms with Crippen molar-refractivity contribution >= 4 is 49.9 Å². The number of thiazole rings is 1. The minimum absolute atomic E-state index is 0.0238. The summed E-state index contributed by atoms with van der Waals surface area (Å²) in [4.78, 5) is 34.6. The van der Waals surface area contributed by atoms with Gasteiger partial charge in [0, 0.05) is 48.3 Å². The van der Waals surface area contributed by atoms with E-state index in [0.29, 0.717) is 11.4 Å². The number of hydrogen-bond donors (Lipinski definition) is 1. The maximum absolute atomic E-state index is 14.5. The number of rotatable bonds is 12. The molecule has 2 heterocycles. The van der Waals surface area contributed by atoms with E-state index in [2.05, 4.69) is 14.8 Å². The first kappa shape index (κ1) is 32.3. The summed E-state index contributed by atoms with van der Waals surface area (Å²) in [5, 5.41) is 6.57. The van der Waals surface area contributed by atoms with Crippen molar-refractivity contribution in [3.63, 3.8) is 0 Å². The average molecular weight is 644 g/mol. The lowest BCUT2D eigenvalue weighted by molar-refractivity contribution is -0.125. The van der Waals surface area contributed by atoms with Crippen molar-refractivity contribution in [3.8, 4) is 0 Å². The van der Waals surface area contributed by atoms with Crippen molar-refractivity contribution in [2.45, 2.75) is 56.0 Å². The highest BCUT2D eigenvalue weighted by Gasteiger charge is 2.50. The van der Waals surface area contributed by atoms with Gasteiger partial charge >= 0.3 is 0 Å². The van der Waals surface area contributed by atoms with Gasteiger partial charge in [-0.05, 0) is 54.2 Å². The van der Waals surface area contributed by atoms with Gasteiger partial charge in [0.1, 0.15) is 5.54 Å². The van der Waals surface area contributed by atoms with Gasteiger partial charge < -0.3 is 4.74 Å². The molecule has 1 N–H and O–H groups in total. The molecular formula is C30H34ClN5O5S2. The molecule has 13 heteroatoms. The summed E-state index contributed by atoms with van der Waals surface area (Å²) in [6.45, 7) is 6.13. The predicted molar refractivity (Wildman–Crippen MR) is 167 cm³/mol. The van der Waals surface area contributed by atoms with Crippen LogP contribution in [0.15, 0.2) is 83.5 Å². The van der Waals surface area contributed by atoms with Crippen molar-refractivity contribution in [2.24, 2.45) is 0 Å². The van der Waals surface area contributed by atoms with E-state index < -0.39 is 27.4 Å². The van der Waals surface area contributed by atoms with Crippen LogP contribution >= 0.6 is 22.9 Å². The molecular weight excluding hydrogens is 610 g/mol. The molecule has 4 aromatic rings. The predicted octanol–water partition coefficient (Wildman–Crippen LogP) is 5.31. The number of hydrogen-bond acceptors (Lipinski definition) is 8. The summed E-state index contributed by atoms with van der Waals surface area (Å²) >= 11 is 7.81. The molecule has 2 aromatic carbocycles. The summed E-state index contributed by atoms with van der Waals surface area (Å²) in [6.07, 6.45) is 5.04. The number of aromatic nitrogens is 3. The van der Waals surface area contributed by atoms with Gasteiger partial charge in [-0.1, -0.05) is 56.6 Å². The van der Waals surface area contributed by atoms with Crippen molar-refractivity contribution in [1.82, 2.24) is 19.5 Å². The Kier molecular flexibility index (Phi) is 10.1. The lowest BCUT2D eigenvalue weighted by Gasteiger charge is -2.41. The van der Waals surface area contributed by atoms with E-state index in [9.17, 15) is 18.0 Å². The standard InChI is InChI=1S/C30H34ClN5O5S2/c1-29(2,3)24-13-12-22(20-25(24)31)26(37)36(28-32-16-19-42-28)30(14-8-18-41-4,21-35-17-9-15-33-35)27(38)34-43(39,40)23-10-6-5-7-11-23/h5-7,9-13,15-17,19-20H,8,14,18,21H2,1-4H3,(H,34,38). The molecule has 0 saturated carbocycles. The van der Waals surface area contributed by atoms with Gasteiger partial charge in [-0.2, -0.15) is 5.10 Å². The number of sulfonamides is 1. The molecule has 0 saturated heterocycles. The molecule has 10 nitrogen and oxygen atoms in total. The molecule has 0 radical (unpaired) electrons. The first-order valence-electron chi connectivity index (χ1n) is 13.5. The van der Waals surface area contributed by atoms with Crippen LogP contribution in [-0.2, 0) is 31.5 Å². The van der Waals surface area contributed by atoms with Crippen LogP contribution in [0.5, 0.6) is 0 Å². The number of methoxy groups -OCH3 is 1. The Morgan fingerprint density at radius 2 is 1.84 bits per heavy atom. The molecule has 4 rings (SSSR count). The van der Waals surface area contributed by atoms with Gasteiger partial charge in [-0.3, -0.25) is 19.2 Å². The number of nitrogens with zero attached hydrogens (tertiary/aromatic N) is 4. The minimum Gasteiger partial charge on any atom is -0.385 e. The molecule has 0 aliphatic heterocycles. The molecule has 0 spiro atoms. The van der Waals surface area contributed by atoms with Crippen molar-refractivity contribution in [1.29, 1.82) is 0 Å². The molecule has 1 unspecified atom stereocenters. The quantitative estimate of drug-likeness (QED) is 0.208. The first-order valence-corrected chi connectivity index (χ1v) is 16.3. The van der Waals surface area contributed by atoms with Crippen molar-refractivity contribution in [3.05, 3.63) is 94.7 Å². The van der Waals surface area contributed by atoms with Crippen LogP contribution in [0.1, 0.15) is 49.5 Å². The Balaban J connectivity index is 1.91. The second-order valence-electron chi connectivity index (χ2n) is 11.0. The number of amides is 2. The lowest BCUT2D eigenvalue weighted by atomic mass is 9.86. The monoisotopic (exact) mass is 643 g/mol. The van der Waals surface area contributed by atoms with E-state index in [-0.39, 0.29) is 40.6 Å². The third kappa shape index (κ3) is 7.32. The van der Waals surface area contributed by atoms with Gasteiger partial charge in [-0.25, -0.2) is 18.1 Å². The fraction of sp³-hybridized carbons (Fsp3) is 0.333. The zero-order valence-electron chi connectivity index (χ0n) is 24.4. The maximum atomic E-state index is 14.5. The zero-order chi connectivity index (χ0) is 31.3. The summed E-state index contributed by atoms with van der Waals surface area (Å²) in [7, 11) is -2.78. The molecule has 0 aliphatic rings. The van der Waals surface area contributed by atoms with E-state index in [0.717, 1.165) is 16.9 Å². The van der Waals surface area contributed by atoms with E-state index in [1.165, 1.54) is 35.0 Å². The molecule has 1 atom stereocenters. The van der Waals surface area contributed by atoms with Gasteiger partial charge in [0.25, 0.3) is 21.8 Å². The summed E-state index contributed by atoms with van der Waals surface area (Å²) in [6, 6.07) is 14.3. The zero-order valence-corrected chi connectivity index (χ0v) is 26.7. The molecule has 2 amide bonds. The van der Waals surface area contributed by atoms with Gasteiger partial charge in [-0.15, -0.1) is 11.3 Å². The number of benzene rings is 2. The highest BCUT2D eigenvalue weighted by Crippen LogP contribution is 2.36. The Morgan fingerprint density at radius 3 is 2.42 bits per heavy atom. The average Bonchev–Trinajstić information content (AvgIpc) is 3.67. The van der Waals surface area contributed by atoms with E-state index >= 15 is 0 Å². The normalized spacial score (nSPS) is 13.3. The minimum atomic E-state index is -4.31. The van der Waals surface area contributed by atoms with Crippen LogP contribution < -0.4 is 9.62 Å². The van der Waals surface area contributed by atoms with Gasteiger partial charge in [0.05, 0.1) is 11.4 Å². The Morgan fingerprint density at radius 1 is 1.09 bits per heavy atom. The van der Waals surface area contributed by atoms with Crippen molar-refractivity contribution in [2.75, 3.05) is 18.6 Å². The van der Waals surface area contributed by atoms with E-state index in [1.54, 1.807) is 60.2 Å². The van der Waals surface area contributed by atoms with Crippen LogP contribution in [0.3, 0.4) is 0 Å². The number of anilines is 1. The maximum Gasteiger partial charge on any atom is 0.264 e. The van der Waals surface area contributed by atoms with Crippen LogP contribution in [0.4, 0.5) is 5.13 Å². The second-order valence-corrected chi connectivity index (χ2v) is 13.9. The fourth-order valence-electron chi connectivity index (χ4n) is 4.77. The highest BCUT2D eigenvalue weighted by atomic mass is 35.5. The van der Waals surface area contributed by atoms with Crippen LogP contribution in [-0.4, -0.2) is 54.3 Å². The van der Waals surface area contributed by atoms with Gasteiger partial charge in [0.2, 0.25) is 0 Å². The van der Waals surface area contributed by atoms with E-state index in [4.69, 9.17) is 16.3 Å². The topological polar surface area (TPSA) is 123 Å². The fourth-order valence-corrected chi connectivity index (χ4v) is 7.03. The Bertz CT molecular complexity index is 1640. The number of halogens is 1. The number of carbonyl (C=O) groups excluding carboxylic acids is 2. The van der Waals surface area contributed by atoms with E-state index in [1.807, 2.05) is 20.8 Å².